The summed E-state index contributed by atoms with van der Waals surface area (Å²) in [6.07, 6.45) is 1.86. The van der Waals surface area contributed by atoms with Gasteiger partial charge < -0.3 is 19.9 Å². The van der Waals surface area contributed by atoms with Crippen LogP contribution < -0.4 is 14.9 Å². The molecule has 1 unspecified atom stereocenters. The maximum atomic E-state index is 15.1. The van der Waals surface area contributed by atoms with Crippen molar-refractivity contribution in [3.05, 3.63) is 47.7 Å². The van der Waals surface area contributed by atoms with Gasteiger partial charge in [-0.1, -0.05) is 0 Å². The second kappa shape index (κ2) is 9.90. The van der Waals surface area contributed by atoms with Crippen LogP contribution in [-0.2, 0) is 20.8 Å². The zero-order valence-electron chi connectivity index (χ0n) is 16.4. The molecule has 1 fully saturated rings. The Morgan fingerprint density at radius 2 is 1.90 bits per heavy atom. The van der Waals surface area contributed by atoms with Gasteiger partial charge in [0.2, 0.25) is 5.91 Å². The monoisotopic (exact) mass is 453 g/mol. The minimum absolute atomic E-state index is 0.122. The Balaban J connectivity index is 1.87. The molecule has 166 valence electrons. The lowest BCUT2D eigenvalue weighted by atomic mass is 10.1. The van der Waals surface area contributed by atoms with Crippen molar-refractivity contribution in [2.24, 2.45) is 0 Å². The van der Waals surface area contributed by atoms with Crippen LogP contribution in [-0.4, -0.2) is 44.8 Å². The smallest absolute Gasteiger partial charge is 0.261 e. The lowest BCUT2D eigenvalue weighted by molar-refractivity contribution is -0.114. The first-order valence-corrected chi connectivity index (χ1v) is 10.3. The van der Waals surface area contributed by atoms with Gasteiger partial charge in [-0.05, 0) is 37.1 Å². The van der Waals surface area contributed by atoms with E-state index >= 15 is 4.39 Å². The number of nitrogens with zero attached hydrogens (tertiary/aromatic N) is 2. The third kappa shape index (κ3) is 5.40. The Morgan fingerprint density at radius 1 is 1.19 bits per heavy atom. The summed E-state index contributed by atoms with van der Waals surface area (Å²) in [5.74, 6) is -3.67. The predicted molar refractivity (Wildman–Crippen MR) is 108 cm³/mol. The van der Waals surface area contributed by atoms with Gasteiger partial charge in [-0.25, -0.2) is 13.8 Å². The van der Waals surface area contributed by atoms with E-state index in [1.54, 1.807) is 0 Å². The number of rotatable bonds is 6. The molecule has 1 atom stereocenters. The Labute approximate surface area is 179 Å². The quantitative estimate of drug-likeness (QED) is 0.647. The van der Waals surface area contributed by atoms with Gasteiger partial charge in [0.25, 0.3) is 5.91 Å². The number of carbonyl (C=O) groups excluding carboxylic acids is 2. The van der Waals surface area contributed by atoms with E-state index in [1.807, 2.05) is 0 Å². The molecule has 1 aromatic heterocycles. The second-order valence-corrected chi connectivity index (χ2v) is 7.54. The number of halogens is 2. The molecule has 1 saturated heterocycles. The van der Waals surface area contributed by atoms with E-state index in [0.29, 0.717) is 26.1 Å². The van der Waals surface area contributed by atoms with Crippen LogP contribution in [0.1, 0.15) is 30.1 Å². The Kier molecular flexibility index (Phi) is 7.25. The van der Waals surface area contributed by atoms with Gasteiger partial charge in [0, 0.05) is 37.4 Å². The van der Waals surface area contributed by atoms with Crippen LogP contribution in [0.3, 0.4) is 0 Å². The van der Waals surface area contributed by atoms with Crippen LogP contribution in [0.4, 0.5) is 26.0 Å². The third-order valence-corrected chi connectivity index (χ3v) is 5.36. The third-order valence-electron chi connectivity index (χ3n) is 4.54. The fourth-order valence-corrected chi connectivity index (χ4v) is 3.91. The number of carbonyl (C=O) groups is 2. The Morgan fingerprint density at radius 3 is 2.48 bits per heavy atom. The second-order valence-electron chi connectivity index (χ2n) is 6.71. The standard InChI is InChI=1S/C19H20F2N4O5S/c1-11(26)23-16-5-2-12(10-22-16)24-19(27)17-14(20)3-4-15(18(17)21)25(31(28)29)13-6-8-30-9-7-13/h2-5,10,13H,6-9H2,1H3,(H,24,27)(H,28,29)(H,22,23,26)/p-1. The van der Waals surface area contributed by atoms with Crippen molar-refractivity contribution in [3.8, 4) is 0 Å². The van der Waals surface area contributed by atoms with Crippen molar-refractivity contribution in [2.75, 3.05) is 28.2 Å². The molecule has 1 aliphatic heterocycles. The van der Waals surface area contributed by atoms with Crippen molar-refractivity contribution in [3.63, 3.8) is 0 Å². The molecule has 1 aliphatic rings. The average Bonchev–Trinajstić information content (AvgIpc) is 2.71. The minimum atomic E-state index is -2.85. The fourth-order valence-electron chi connectivity index (χ4n) is 3.15. The molecule has 2 amide bonds. The molecule has 1 aromatic carbocycles. The highest BCUT2D eigenvalue weighted by Gasteiger charge is 2.29. The molecule has 0 saturated carbocycles. The van der Waals surface area contributed by atoms with Crippen LogP contribution in [0.2, 0.25) is 0 Å². The summed E-state index contributed by atoms with van der Waals surface area (Å²) in [7, 11) is 0. The molecule has 2 heterocycles. The van der Waals surface area contributed by atoms with Gasteiger partial charge >= 0.3 is 0 Å². The summed E-state index contributed by atoms with van der Waals surface area (Å²) in [6, 6.07) is 4.03. The summed E-state index contributed by atoms with van der Waals surface area (Å²) in [5, 5.41) is 4.75. The maximum absolute atomic E-state index is 15.1. The number of ether oxygens (including phenoxy) is 1. The highest BCUT2D eigenvalue weighted by molar-refractivity contribution is 7.80. The van der Waals surface area contributed by atoms with E-state index in [4.69, 9.17) is 4.74 Å². The Bertz CT molecular complexity index is 1000. The average molecular weight is 453 g/mol. The first-order valence-electron chi connectivity index (χ1n) is 9.27. The van der Waals surface area contributed by atoms with Crippen molar-refractivity contribution in [2.45, 2.75) is 25.8 Å². The number of nitrogens with one attached hydrogen (secondary N) is 2. The molecular formula is C19H19F2N4O5S-. The molecule has 12 heteroatoms. The van der Waals surface area contributed by atoms with E-state index in [1.165, 1.54) is 25.3 Å². The molecule has 0 aliphatic carbocycles. The molecule has 0 bridgehead atoms. The van der Waals surface area contributed by atoms with Crippen molar-refractivity contribution in [1.82, 2.24) is 4.98 Å². The largest absolute Gasteiger partial charge is 0.755 e. The molecule has 9 nitrogen and oxygen atoms in total. The van der Waals surface area contributed by atoms with Gasteiger partial charge in [-0.15, -0.1) is 0 Å². The maximum Gasteiger partial charge on any atom is 0.261 e. The van der Waals surface area contributed by atoms with E-state index < -0.39 is 46.1 Å². The fraction of sp³-hybridized carbons (Fsp3) is 0.316. The summed E-state index contributed by atoms with van der Waals surface area (Å²) in [6.45, 7) is 1.90. The van der Waals surface area contributed by atoms with Crippen LogP contribution in [0.5, 0.6) is 0 Å². The first kappa shape index (κ1) is 22.7. The highest BCUT2D eigenvalue weighted by Crippen LogP contribution is 2.30. The van der Waals surface area contributed by atoms with Gasteiger partial charge in [0.05, 0.1) is 17.6 Å². The topological polar surface area (TPSA) is 124 Å². The lowest BCUT2D eigenvalue weighted by Gasteiger charge is -2.37. The van der Waals surface area contributed by atoms with Gasteiger partial charge in [0.15, 0.2) is 5.82 Å². The minimum Gasteiger partial charge on any atom is -0.755 e. The number of hydrogen-bond donors (Lipinski definition) is 2. The molecule has 0 spiro atoms. The summed E-state index contributed by atoms with van der Waals surface area (Å²) >= 11 is -2.85. The van der Waals surface area contributed by atoms with Crippen LogP contribution in [0, 0.1) is 11.6 Å². The first-order chi connectivity index (χ1) is 14.8. The van der Waals surface area contributed by atoms with Gasteiger partial charge in [0.1, 0.15) is 17.2 Å². The summed E-state index contributed by atoms with van der Waals surface area (Å²) < 4.78 is 59.1. The van der Waals surface area contributed by atoms with Crippen molar-refractivity contribution < 1.29 is 31.9 Å². The summed E-state index contributed by atoms with van der Waals surface area (Å²) in [5.41, 5.74) is -1.23. The predicted octanol–water partition coefficient (Wildman–Crippen LogP) is 2.35. The van der Waals surface area contributed by atoms with E-state index in [0.717, 1.165) is 16.4 Å². The zero-order valence-corrected chi connectivity index (χ0v) is 17.2. The van der Waals surface area contributed by atoms with Crippen LogP contribution in [0.15, 0.2) is 30.5 Å². The number of pyridine rings is 1. The normalized spacial score (nSPS) is 15.2. The van der Waals surface area contributed by atoms with Crippen molar-refractivity contribution >= 4 is 40.3 Å². The molecule has 31 heavy (non-hydrogen) atoms. The summed E-state index contributed by atoms with van der Waals surface area (Å²) in [4.78, 5) is 27.5. The van der Waals surface area contributed by atoms with E-state index in [-0.39, 0.29) is 17.4 Å². The molecular weight excluding hydrogens is 434 g/mol. The molecule has 2 aromatic rings. The van der Waals surface area contributed by atoms with Crippen LogP contribution in [0.25, 0.3) is 0 Å². The molecule has 0 radical (unpaired) electrons. The molecule has 3 rings (SSSR count). The van der Waals surface area contributed by atoms with Gasteiger partial charge in [-0.3, -0.25) is 18.1 Å². The number of aromatic nitrogens is 1. The number of anilines is 3. The molecule has 2 N–H and O–H groups in total. The lowest BCUT2D eigenvalue weighted by Crippen LogP contribution is -2.41. The zero-order chi connectivity index (χ0) is 22.5. The Hall–Kier alpha value is -2.96. The van der Waals surface area contributed by atoms with Crippen LogP contribution >= 0.6 is 0 Å². The SMILES string of the molecule is CC(=O)Nc1ccc(NC(=O)c2c(F)ccc(N(C3CCOCC3)S(=O)[O-])c2F)cn1. The number of amides is 2. The highest BCUT2D eigenvalue weighted by atomic mass is 32.2. The van der Waals surface area contributed by atoms with Gasteiger partial charge in [-0.2, -0.15) is 0 Å². The van der Waals surface area contributed by atoms with E-state index in [9.17, 15) is 22.7 Å². The van der Waals surface area contributed by atoms with E-state index in [2.05, 4.69) is 15.6 Å². The van der Waals surface area contributed by atoms with Crippen molar-refractivity contribution in [1.29, 1.82) is 0 Å². The number of benzene rings is 1. The number of hydrogen-bond acceptors (Lipinski definition) is 6.